The van der Waals surface area contributed by atoms with Crippen LogP contribution in [0.15, 0.2) is 48.5 Å². The van der Waals surface area contributed by atoms with Crippen LogP contribution < -0.4 is 4.74 Å². The molecule has 1 heterocycles. The minimum absolute atomic E-state index is 0.212. The summed E-state index contributed by atoms with van der Waals surface area (Å²) < 4.78 is 18.9. The predicted octanol–water partition coefficient (Wildman–Crippen LogP) is 4.79. The van der Waals surface area contributed by atoms with Crippen molar-refractivity contribution in [1.29, 1.82) is 0 Å². The molecule has 1 saturated heterocycles. The lowest BCUT2D eigenvalue weighted by molar-refractivity contribution is 0.0987. The molecule has 1 unspecified atom stereocenters. The molecule has 4 rings (SSSR count). The molecule has 1 aliphatic heterocycles. The van der Waals surface area contributed by atoms with Crippen molar-refractivity contribution < 1.29 is 9.13 Å². The van der Waals surface area contributed by atoms with Crippen LogP contribution in [0.2, 0.25) is 0 Å². The summed E-state index contributed by atoms with van der Waals surface area (Å²) in [6.45, 7) is 3.38. The molecule has 1 fully saturated rings. The van der Waals surface area contributed by atoms with Gasteiger partial charge in [0.1, 0.15) is 17.7 Å². The van der Waals surface area contributed by atoms with Gasteiger partial charge in [0.05, 0.1) is 0 Å². The standard InChI is InChI=1S/C22H26FNO/c23-19-7-9-20(10-8-19)25-21-12-15-24(16-13-21)14-11-18-6-5-17-3-1-2-4-22(17)18/h1-4,7-10,18,21H,5-6,11-16H2. The topological polar surface area (TPSA) is 12.5 Å². The van der Waals surface area contributed by atoms with Crippen LogP contribution >= 0.6 is 0 Å². The summed E-state index contributed by atoms with van der Waals surface area (Å²) in [5.41, 5.74) is 3.14. The van der Waals surface area contributed by atoms with E-state index in [0.29, 0.717) is 0 Å². The largest absolute Gasteiger partial charge is 0.490 e. The van der Waals surface area contributed by atoms with Crippen molar-refractivity contribution in [2.45, 2.75) is 44.1 Å². The molecule has 3 heteroatoms. The average Bonchev–Trinajstić information content (AvgIpc) is 3.06. The lowest BCUT2D eigenvalue weighted by atomic mass is 9.97. The first kappa shape index (κ1) is 16.6. The quantitative estimate of drug-likeness (QED) is 0.777. The van der Waals surface area contributed by atoms with Gasteiger partial charge in [0.25, 0.3) is 0 Å². The fraction of sp³-hybridized carbons (Fsp3) is 0.455. The number of nitrogens with zero attached hydrogens (tertiary/aromatic N) is 1. The van der Waals surface area contributed by atoms with E-state index in [0.717, 1.165) is 37.6 Å². The molecule has 25 heavy (non-hydrogen) atoms. The Morgan fingerprint density at radius 1 is 0.960 bits per heavy atom. The number of hydrogen-bond acceptors (Lipinski definition) is 2. The minimum atomic E-state index is -0.212. The van der Waals surface area contributed by atoms with Crippen LogP contribution in [0, 0.1) is 5.82 Å². The van der Waals surface area contributed by atoms with Crippen LogP contribution in [0.3, 0.4) is 0 Å². The molecule has 1 atom stereocenters. The lowest BCUT2D eigenvalue weighted by Crippen LogP contribution is -2.39. The summed E-state index contributed by atoms with van der Waals surface area (Å²) in [6.07, 6.45) is 6.18. The zero-order valence-corrected chi connectivity index (χ0v) is 14.7. The van der Waals surface area contributed by atoms with Crippen LogP contribution in [-0.2, 0) is 6.42 Å². The molecule has 132 valence electrons. The van der Waals surface area contributed by atoms with Crippen molar-refractivity contribution in [3.63, 3.8) is 0 Å². The van der Waals surface area contributed by atoms with Gasteiger partial charge >= 0.3 is 0 Å². The van der Waals surface area contributed by atoms with E-state index in [2.05, 4.69) is 29.2 Å². The van der Waals surface area contributed by atoms with Gasteiger partial charge in [-0.2, -0.15) is 0 Å². The van der Waals surface area contributed by atoms with Crippen molar-refractivity contribution in [2.24, 2.45) is 0 Å². The van der Waals surface area contributed by atoms with Gasteiger partial charge in [0, 0.05) is 13.1 Å². The molecular formula is C22H26FNO. The zero-order chi connectivity index (χ0) is 17.1. The number of ether oxygens (including phenoxy) is 1. The number of hydrogen-bond donors (Lipinski definition) is 0. The summed E-state index contributed by atoms with van der Waals surface area (Å²) in [6, 6.07) is 15.3. The summed E-state index contributed by atoms with van der Waals surface area (Å²) in [7, 11) is 0. The second-order valence-corrected chi connectivity index (χ2v) is 7.34. The molecule has 2 aliphatic rings. The van der Waals surface area contributed by atoms with E-state index >= 15 is 0 Å². The van der Waals surface area contributed by atoms with E-state index in [1.54, 1.807) is 23.3 Å². The van der Waals surface area contributed by atoms with E-state index in [1.807, 2.05) is 0 Å². The van der Waals surface area contributed by atoms with Crippen molar-refractivity contribution in [1.82, 2.24) is 4.90 Å². The molecule has 2 nitrogen and oxygen atoms in total. The van der Waals surface area contributed by atoms with Crippen molar-refractivity contribution in [3.8, 4) is 5.75 Å². The average molecular weight is 339 g/mol. The Hall–Kier alpha value is -1.87. The maximum atomic E-state index is 13.0. The van der Waals surface area contributed by atoms with Crippen molar-refractivity contribution in [2.75, 3.05) is 19.6 Å². The van der Waals surface area contributed by atoms with Gasteiger partial charge in [-0.1, -0.05) is 24.3 Å². The SMILES string of the molecule is Fc1ccc(OC2CCN(CCC3CCc4ccccc43)CC2)cc1. The molecule has 0 bridgehead atoms. The third-order valence-corrected chi connectivity index (χ3v) is 5.70. The minimum Gasteiger partial charge on any atom is -0.490 e. The Morgan fingerprint density at radius 3 is 2.52 bits per heavy atom. The Labute approximate surface area is 149 Å². The number of fused-ring (bicyclic) bond motifs is 1. The van der Waals surface area contributed by atoms with Crippen molar-refractivity contribution in [3.05, 3.63) is 65.5 Å². The smallest absolute Gasteiger partial charge is 0.123 e. The Kier molecular flexibility index (Phi) is 5.02. The van der Waals surface area contributed by atoms with Gasteiger partial charge in [0.15, 0.2) is 0 Å². The fourth-order valence-corrected chi connectivity index (χ4v) is 4.24. The monoisotopic (exact) mass is 339 g/mol. The first-order valence-electron chi connectivity index (χ1n) is 9.50. The summed E-state index contributed by atoms with van der Waals surface area (Å²) in [4.78, 5) is 2.57. The Balaban J connectivity index is 1.22. The fourth-order valence-electron chi connectivity index (χ4n) is 4.24. The maximum Gasteiger partial charge on any atom is 0.123 e. The first-order valence-corrected chi connectivity index (χ1v) is 9.50. The predicted molar refractivity (Wildman–Crippen MR) is 98.6 cm³/mol. The molecule has 1 aliphatic carbocycles. The molecule has 2 aromatic rings. The van der Waals surface area contributed by atoms with Gasteiger partial charge in [-0.25, -0.2) is 4.39 Å². The lowest BCUT2D eigenvalue weighted by Gasteiger charge is -2.32. The number of benzene rings is 2. The summed E-state index contributed by atoms with van der Waals surface area (Å²) in [5, 5.41) is 0. The molecule has 0 spiro atoms. The van der Waals surface area contributed by atoms with Crippen LogP contribution in [0.25, 0.3) is 0 Å². The number of rotatable bonds is 5. The molecule has 0 N–H and O–H groups in total. The normalized spacial score (nSPS) is 21.2. The number of aryl methyl sites for hydroxylation is 1. The maximum absolute atomic E-state index is 13.0. The van der Waals surface area contributed by atoms with Gasteiger partial charge in [-0.15, -0.1) is 0 Å². The third-order valence-electron chi connectivity index (χ3n) is 5.70. The van der Waals surface area contributed by atoms with Crippen LogP contribution in [0.5, 0.6) is 5.75 Å². The molecular weight excluding hydrogens is 313 g/mol. The first-order chi connectivity index (χ1) is 12.3. The number of halogens is 1. The highest BCUT2D eigenvalue weighted by Crippen LogP contribution is 2.35. The molecule has 0 amide bonds. The van der Waals surface area contributed by atoms with Crippen molar-refractivity contribution >= 4 is 0 Å². The second kappa shape index (κ2) is 7.57. The van der Waals surface area contributed by atoms with Gasteiger partial charge < -0.3 is 9.64 Å². The zero-order valence-electron chi connectivity index (χ0n) is 14.7. The second-order valence-electron chi connectivity index (χ2n) is 7.34. The van der Waals surface area contributed by atoms with E-state index in [4.69, 9.17) is 4.74 Å². The summed E-state index contributed by atoms with van der Waals surface area (Å²) in [5.74, 6) is 1.31. The van der Waals surface area contributed by atoms with E-state index in [-0.39, 0.29) is 11.9 Å². The third kappa shape index (κ3) is 4.04. The highest BCUT2D eigenvalue weighted by Gasteiger charge is 2.24. The molecule has 0 aromatic heterocycles. The summed E-state index contributed by atoms with van der Waals surface area (Å²) >= 11 is 0. The highest BCUT2D eigenvalue weighted by molar-refractivity contribution is 5.34. The van der Waals surface area contributed by atoms with Crippen LogP contribution in [0.1, 0.15) is 42.7 Å². The van der Waals surface area contributed by atoms with Crippen LogP contribution in [0.4, 0.5) is 4.39 Å². The molecule has 2 aromatic carbocycles. The number of piperidine rings is 1. The van der Waals surface area contributed by atoms with Gasteiger partial charge in [-0.3, -0.25) is 0 Å². The Morgan fingerprint density at radius 2 is 1.72 bits per heavy atom. The number of likely N-dealkylation sites (tertiary alicyclic amines) is 1. The van der Waals surface area contributed by atoms with E-state index < -0.39 is 0 Å². The highest BCUT2D eigenvalue weighted by atomic mass is 19.1. The van der Waals surface area contributed by atoms with Gasteiger partial charge in [-0.05, 0) is 80.0 Å². The van der Waals surface area contributed by atoms with Crippen LogP contribution in [-0.4, -0.2) is 30.6 Å². The molecule has 0 saturated carbocycles. The van der Waals surface area contributed by atoms with Gasteiger partial charge in [0.2, 0.25) is 0 Å². The van der Waals surface area contributed by atoms with E-state index in [9.17, 15) is 4.39 Å². The van der Waals surface area contributed by atoms with E-state index in [1.165, 1.54) is 37.9 Å². The Bertz CT molecular complexity index is 691. The molecule has 0 radical (unpaired) electrons.